The normalized spacial score (nSPS) is 21.5. The van der Waals surface area contributed by atoms with E-state index in [-0.39, 0.29) is 34.4 Å². The number of β-amino-alcohol motifs (C(OH)–C–C–N with tert-alkyl or cyclic N) is 1. The summed E-state index contributed by atoms with van der Waals surface area (Å²) in [5, 5.41) is 10.6. The monoisotopic (exact) mass is 882 g/mol. The van der Waals surface area contributed by atoms with Gasteiger partial charge >= 0.3 is 6.61 Å². The number of hydrogen-bond donors (Lipinski definition) is 2. The number of aliphatic hydroxyl groups excluding tert-OH is 1. The summed E-state index contributed by atoms with van der Waals surface area (Å²) in [7, 11) is -2.25. The highest BCUT2D eigenvalue weighted by molar-refractivity contribution is 7.91. The number of sulfonamides is 1. The van der Waals surface area contributed by atoms with Crippen LogP contribution in [-0.4, -0.2) is 94.9 Å². The number of carbonyl (C=O) groups is 1. The van der Waals surface area contributed by atoms with Crippen molar-refractivity contribution in [3.05, 3.63) is 75.5 Å². The number of benzene rings is 3. The molecule has 2 aliphatic heterocycles. The minimum atomic E-state index is -3.77. The molecule has 4 heterocycles. The second-order valence-electron chi connectivity index (χ2n) is 16.2. The quantitative estimate of drug-likeness (QED) is 0.128. The first-order valence-electron chi connectivity index (χ1n) is 19.8. The summed E-state index contributed by atoms with van der Waals surface area (Å²) in [6, 6.07) is 12.3. The lowest BCUT2D eigenvalue weighted by Gasteiger charge is -2.25. The lowest BCUT2D eigenvalue weighted by atomic mass is 9.99. The van der Waals surface area contributed by atoms with Gasteiger partial charge in [0.2, 0.25) is 27.7 Å². The molecule has 2 N–H and O–H groups in total. The van der Waals surface area contributed by atoms with Crippen LogP contribution in [0.5, 0.6) is 11.6 Å². The molecule has 5 aromatic rings. The molecule has 2 aliphatic carbocycles. The van der Waals surface area contributed by atoms with Gasteiger partial charge in [0.05, 0.1) is 51.4 Å². The van der Waals surface area contributed by atoms with Gasteiger partial charge in [-0.1, -0.05) is 53.5 Å². The predicted octanol–water partition coefficient (Wildman–Crippen LogP) is 7.41. The zero-order chi connectivity index (χ0) is 42.1. The molecule has 4 aliphatic rings. The van der Waals surface area contributed by atoms with Gasteiger partial charge in [0.15, 0.2) is 11.3 Å². The van der Waals surface area contributed by atoms with E-state index in [2.05, 4.69) is 19.5 Å². The van der Waals surface area contributed by atoms with E-state index in [1.807, 2.05) is 24.3 Å². The highest BCUT2D eigenvalue weighted by atomic mass is 35.5. The Kier molecular flexibility index (Phi) is 10.8. The van der Waals surface area contributed by atoms with E-state index in [0.29, 0.717) is 120 Å². The van der Waals surface area contributed by atoms with Crippen LogP contribution in [0, 0.1) is 5.92 Å². The van der Waals surface area contributed by atoms with Crippen molar-refractivity contribution in [2.24, 2.45) is 5.92 Å². The molecule has 9 rings (SSSR count). The Morgan fingerprint density at radius 2 is 1.75 bits per heavy atom. The van der Waals surface area contributed by atoms with Gasteiger partial charge in [-0.15, -0.1) is 0 Å². The van der Waals surface area contributed by atoms with E-state index >= 15 is 0 Å². The fourth-order valence-corrected chi connectivity index (χ4v) is 10.6. The van der Waals surface area contributed by atoms with Crippen molar-refractivity contribution in [1.29, 1.82) is 0 Å². The Hall–Kier alpha value is -4.45. The number of rotatable bonds is 12. The summed E-state index contributed by atoms with van der Waals surface area (Å²) in [6.45, 7) is 1.11. The van der Waals surface area contributed by atoms with Crippen LogP contribution >= 0.6 is 23.2 Å². The zero-order valence-electron chi connectivity index (χ0n) is 32.8. The number of oxazole rings is 1. The zero-order valence-corrected chi connectivity index (χ0v) is 35.1. The van der Waals surface area contributed by atoms with Crippen molar-refractivity contribution in [2.75, 3.05) is 33.3 Å². The van der Waals surface area contributed by atoms with Gasteiger partial charge < -0.3 is 19.0 Å². The topological polar surface area (TPSA) is 160 Å². The van der Waals surface area contributed by atoms with Crippen LogP contribution in [-0.2, 0) is 27.8 Å². The van der Waals surface area contributed by atoms with Crippen molar-refractivity contribution >= 4 is 50.2 Å². The highest BCUT2D eigenvalue weighted by Crippen LogP contribution is 2.49. The molecule has 0 spiro atoms. The number of fused-ring (bicyclic) bond motifs is 2. The average Bonchev–Trinajstić information content (AvgIpc) is 3.68. The fourth-order valence-electron chi connectivity index (χ4n) is 8.67. The van der Waals surface area contributed by atoms with Crippen LogP contribution in [0.2, 0.25) is 10.0 Å². The number of amides is 1. The molecule has 316 valence electrons. The van der Waals surface area contributed by atoms with Crippen molar-refractivity contribution in [3.63, 3.8) is 0 Å². The lowest BCUT2D eigenvalue weighted by molar-refractivity contribution is -0.122. The molecule has 60 heavy (non-hydrogen) atoms. The summed E-state index contributed by atoms with van der Waals surface area (Å²) in [5.41, 5.74) is 4.92. The third kappa shape index (κ3) is 7.49. The number of aliphatic hydroxyl groups is 1. The molecular formula is C42H42Cl2F2N6O7S. The molecule has 2 saturated heterocycles. The van der Waals surface area contributed by atoms with Gasteiger partial charge in [-0.3, -0.25) is 24.3 Å². The van der Waals surface area contributed by atoms with Crippen molar-refractivity contribution < 1.29 is 41.0 Å². The van der Waals surface area contributed by atoms with Crippen molar-refractivity contribution in [2.45, 2.75) is 75.5 Å². The first-order chi connectivity index (χ1) is 28.7. The van der Waals surface area contributed by atoms with Gasteiger partial charge in [-0.25, -0.2) is 18.4 Å². The number of carbonyl (C=O) groups excluding carboxylic acids is 1. The number of halogens is 4. The molecule has 3 aromatic carbocycles. The third-order valence-electron chi connectivity index (χ3n) is 12.3. The van der Waals surface area contributed by atoms with Crippen LogP contribution < -0.4 is 14.2 Å². The van der Waals surface area contributed by atoms with Gasteiger partial charge in [0, 0.05) is 54.5 Å². The fraction of sp³-hybridized carbons (Fsp3) is 0.429. The van der Waals surface area contributed by atoms with Gasteiger partial charge in [0.25, 0.3) is 0 Å². The summed E-state index contributed by atoms with van der Waals surface area (Å²) in [5.74, 6) is -0.718. The first-order valence-corrected chi connectivity index (χ1v) is 22.1. The maximum Gasteiger partial charge on any atom is 0.387 e. The maximum absolute atomic E-state index is 14.0. The van der Waals surface area contributed by atoms with E-state index in [0.717, 1.165) is 12.1 Å². The Balaban J connectivity index is 1.00. The second-order valence-corrected chi connectivity index (χ2v) is 19.1. The molecule has 3 fully saturated rings. The average molecular weight is 884 g/mol. The molecule has 13 nitrogen and oxygen atoms in total. The van der Waals surface area contributed by atoms with Crippen molar-refractivity contribution in [3.8, 4) is 45.5 Å². The molecule has 18 heteroatoms. The summed E-state index contributed by atoms with van der Waals surface area (Å²) < 4.78 is 71.9. The molecule has 1 saturated carbocycles. The van der Waals surface area contributed by atoms with Gasteiger partial charge in [-0.05, 0) is 69.7 Å². The Morgan fingerprint density at radius 3 is 2.43 bits per heavy atom. The number of likely N-dealkylation sites (tertiary alicyclic amines) is 2. The molecule has 0 bridgehead atoms. The van der Waals surface area contributed by atoms with E-state index in [1.54, 1.807) is 31.3 Å². The lowest BCUT2D eigenvalue weighted by Crippen LogP contribution is -2.42. The largest absolute Gasteiger partial charge is 0.480 e. The second kappa shape index (κ2) is 15.8. The Labute approximate surface area is 355 Å². The van der Waals surface area contributed by atoms with Crippen LogP contribution in [0.4, 0.5) is 8.78 Å². The standard InChI is InChI=1S/C42H42Cl2F2N6O7S/c1-42(13-14-42)60(55,56)50-38(54)22-11-16-52(19-22)33-10-9-26-29(33)17-30-37(36(26)59-41(45)46)58-39(48-30)28-8-4-6-25(35(28)44)24-5-3-7-27(34(24)43)31-18-47-32(40(49-31)57-2)21-51-15-12-23(53)20-51/h3-8,17-18,22-23,33,41,53H,9-16,19-21H2,1-2H3,(H,50,54)/t22-,23-,33-/m1/s1. The number of aromatic nitrogens is 3. The number of methoxy groups -OCH3 is 1. The Morgan fingerprint density at radius 1 is 1.03 bits per heavy atom. The summed E-state index contributed by atoms with van der Waals surface area (Å²) >= 11 is 14.2. The number of nitrogens with one attached hydrogen (secondary N) is 1. The van der Waals surface area contributed by atoms with Crippen LogP contribution in [0.1, 0.15) is 61.9 Å². The third-order valence-corrected chi connectivity index (χ3v) is 15.3. The minimum Gasteiger partial charge on any atom is -0.480 e. The Bertz CT molecular complexity index is 2630. The summed E-state index contributed by atoms with van der Waals surface area (Å²) in [4.78, 5) is 31.4. The first kappa shape index (κ1) is 40.9. The minimum absolute atomic E-state index is 0.0560. The SMILES string of the molecule is COc1nc(-c2cccc(-c3cccc(-c4nc5cc6c(c(OC(F)F)c5o4)CC[C@H]6N4CC[C@@H](C(=O)NS(=O)(=O)C5(C)CC5)C4)c3Cl)c2Cl)cnc1CN1CC[C@@H](O)C1. The number of alkyl halides is 2. The molecule has 3 atom stereocenters. The van der Waals surface area contributed by atoms with Crippen LogP contribution in [0.3, 0.4) is 0 Å². The van der Waals surface area contributed by atoms with Crippen LogP contribution in [0.25, 0.3) is 44.9 Å². The number of ether oxygens (including phenoxy) is 2. The van der Waals surface area contributed by atoms with E-state index in [4.69, 9.17) is 47.1 Å². The highest BCUT2D eigenvalue weighted by Gasteiger charge is 2.51. The van der Waals surface area contributed by atoms with E-state index in [1.165, 1.54) is 7.11 Å². The van der Waals surface area contributed by atoms with Gasteiger partial charge in [0.1, 0.15) is 11.2 Å². The van der Waals surface area contributed by atoms with E-state index in [9.17, 15) is 27.1 Å². The number of nitrogens with zero attached hydrogens (tertiary/aromatic N) is 5. The molecule has 0 unspecified atom stereocenters. The predicted molar refractivity (Wildman–Crippen MR) is 220 cm³/mol. The maximum atomic E-state index is 14.0. The smallest absolute Gasteiger partial charge is 0.387 e. The van der Waals surface area contributed by atoms with Crippen LogP contribution in [0.15, 0.2) is 53.1 Å². The van der Waals surface area contributed by atoms with Crippen molar-refractivity contribution in [1.82, 2.24) is 29.5 Å². The molecule has 0 radical (unpaired) electrons. The number of hydrogen-bond acceptors (Lipinski definition) is 12. The molecule has 2 aromatic heterocycles. The van der Waals surface area contributed by atoms with E-state index < -0.39 is 33.2 Å². The molecule has 1 amide bonds. The summed E-state index contributed by atoms with van der Waals surface area (Å²) in [6.07, 6.45) is 4.46. The molecular weight excluding hydrogens is 841 g/mol. The van der Waals surface area contributed by atoms with Gasteiger partial charge in [-0.2, -0.15) is 8.78 Å².